The highest BCUT2D eigenvalue weighted by Crippen LogP contribution is 2.47. The highest BCUT2D eigenvalue weighted by molar-refractivity contribution is 5.67. The molecule has 0 spiro atoms. The zero-order valence-corrected chi connectivity index (χ0v) is 15.1. The van der Waals surface area contributed by atoms with Crippen LogP contribution < -0.4 is 0 Å². The van der Waals surface area contributed by atoms with Crippen molar-refractivity contribution in [3.05, 3.63) is 24.8 Å². The second-order valence-corrected chi connectivity index (χ2v) is 7.32. The van der Waals surface area contributed by atoms with Crippen LogP contribution in [0.2, 0.25) is 0 Å². The van der Waals surface area contributed by atoms with Gasteiger partial charge in [0.2, 0.25) is 0 Å². The van der Waals surface area contributed by atoms with Crippen LogP contribution in [-0.2, 0) is 19.1 Å². The zero-order valence-electron chi connectivity index (χ0n) is 15.1. The van der Waals surface area contributed by atoms with Crippen molar-refractivity contribution in [2.24, 2.45) is 11.3 Å². The van der Waals surface area contributed by atoms with Crippen LogP contribution in [0, 0.1) is 11.3 Å². The van der Waals surface area contributed by atoms with Gasteiger partial charge in [0, 0.05) is 19.3 Å². The maximum atomic E-state index is 11.4. The number of esters is 2. The van der Waals surface area contributed by atoms with E-state index in [-0.39, 0.29) is 29.4 Å². The normalized spacial score (nSPS) is 26.0. The van der Waals surface area contributed by atoms with Gasteiger partial charge < -0.3 is 9.47 Å². The van der Waals surface area contributed by atoms with Crippen LogP contribution in [-0.4, -0.2) is 23.6 Å². The average Bonchev–Trinajstić information content (AvgIpc) is 2.40. The fourth-order valence-corrected chi connectivity index (χ4v) is 3.55. The van der Waals surface area contributed by atoms with Gasteiger partial charge in [0.15, 0.2) is 0 Å². The van der Waals surface area contributed by atoms with Gasteiger partial charge >= 0.3 is 11.9 Å². The van der Waals surface area contributed by atoms with E-state index in [4.69, 9.17) is 9.47 Å². The lowest BCUT2D eigenvalue weighted by molar-refractivity contribution is -0.158. The summed E-state index contributed by atoms with van der Waals surface area (Å²) in [5.41, 5.74) is 0.295. The average molecular weight is 322 g/mol. The molecule has 0 saturated heterocycles. The van der Waals surface area contributed by atoms with Crippen molar-refractivity contribution in [1.82, 2.24) is 0 Å². The Kier molecular flexibility index (Phi) is 6.20. The minimum atomic E-state index is -0.684. The van der Waals surface area contributed by atoms with Gasteiger partial charge in [-0.1, -0.05) is 32.6 Å². The van der Waals surface area contributed by atoms with Gasteiger partial charge in [0.05, 0.1) is 0 Å². The first-order chi connectivity index (χ1) is 10.5. The van der Waals surface area contributed by atoms with Crippen molar-refractivity contribution in [2.45, 2.75) is 72.0 Å². The summed E-state index contributed by atoms with van der Waals surface area (Å²) in [6.45, 7) is 17.0. The number of carbonyl (C=O) groups excluding carboxylic acids is 2. The van der Waals surface area contributed by atoms with E-state index in [9.17, 15) is 9.59 Å². The highest BCUT2D eigenvalue weighted by Gasteiger charge is 2.44. The summed E-state index contributed by atoms with van der Waals surface area (Å²) >= 11 is 0. The molecule has 0 radical (unpaired) electrons. The third kappa shape index (κ3) is 4.95. The largest absolute Gasteiger partial charge is 0.462 e. The number of rotatable bonds is 6. The van der Waals surface area contributed by atoms with E-state index < -0.39 is 5.60 Å². The maximum absolute atomic E-state index is 11.4. The van der Waals surface area contributed by atoms with Gasteiger partial charge in [0.25, 0.3) is 0 Å². The summed E-state index contributed by atoms with van der Waals surface area (Å²) in [5.74, 6) is -0.354. The minimum Gasteiger partial charge on any atom is -0.462 e. The summed E-state index contributed by atoms with van der Waals surface area (Å²) < 4.78 is 10.9. The Balaban J connectivity index is 2.86. The maximum Gasteiger partial charge on any atom is 0.303 e. The quantitative estimate of drug-likeness (QED) is 0.543. The molecule has 4 nitrogen and oxygen atoms in total. The van der Waals surface area contributed by atoms with Crippen molar-refractivity contribution in [3.63, 3.8) is 0 Å². The predicted molar refractivity (Wildman–Crippen MR) is 90.8 cm³/mol. The van der Waals surface area contributed by atoms with Gasteiger partial charge in [-0.05, 0) is 44.6 Å². The number of hydrogen-bond donors (Lipinski definition) is 0. The molecule has 1 aliphatic carbocycles. The topological polar surface area (TPSA) is 52.6 Å². The summed E-state index contributed by atoms with van der Waals surface area (Å²) in [6.07, 6.45) is 4.69. The molecule has 130 valence electrons. The molecule has 0 aromatic rings. The van der Waals surface area contributed by atoms with E-state index in [1.54, 1.807) is 6.08 Å². The van der Waals surface area contributed by atoms with Gasteiger partial charge in [-0.2, -0.15) is 0 Å². The van der Waals surface area contributed by atoms with Crippen LogP contribution in [0.3, 0.4) is 0 Å². The van der Waals surface area contributed by atoms with Crippen LogP contribution in [0.1, 0.15) is 60.3 Å². The Morgan fingerprint density at radius 1 is 1.35 bits per heavy atom. The SMILES string of the molecule is C=CC(C)(CC[C@@H]1C(=C)CC[C@H](OC(C)=O)C1(C)C)OC(C)=O. The molecule has 1 fully saturated rings. The third-order valence-electron chi connectivity index (χ3n) is 4.99. The molecular formula is C19H30O4. The number of carbonyl (C=O) groups is 2. The molecule has 0 aromatic carbocycles. The lowest BCUT2D eigenvalue weighted by Gasteiger charge is -2.46. The second-order valence-electron chi connectivity index (χ2n) is 7.32. The van der Waals surface area contributed by atoms with Crippen LogP contribution in [0.4, 0.5) is 0 Å². The van der Waals surface area contributed by atoms with Gasteiger partial charge in [-0.25, -0.2) is 0 Å². The van der Waals surface area contributed by atoms with E-state index in [0.29, 0.717) is 6.42 Å². The Hall–Kier alpha value is -1.58. The van der Waals surface area contributed by atoms with Crippen molar-refractivity contribution in [3.8, 4) is 0 Å². The molecule has 0 aromatic heterocycles. The molecule has 0 bridgehead atoms. The minimum absolute atomic E-state index is 0.112. The lowest BCUT2D eigenvalue weighted by Crippen LogP contribution is -2.44. The summed E-state index contributed by atoms with van der Waals surface area (Å²) in [5, 5.41) is 0. The molecule has 23 heavy (non-hydrogen) atoms. The highest BCUT2D eigenvalue weighted by atomic mass is 16.6. The fraction of sp³-hybridized carbons (Fsp3) is 0.684. The molecule has 1 aliphatic rings. The standard InChI is InChI=1S/C19H30O4/c1-8-19(7,23-15(4)21)12-11-16-13(2)9-10-17(18(16,5)6)22-14(3)20/h8,16-17H,1-2,9-12H2,3-7H3/t16-,17+,19?/m1/s1. The molecule has 0 amide bonds. The van der Waals surface area contributed by atoms with E-state index in [2.05, 4.69) is 27.0 Å². The van der Waals surface area contributed by atoms with Crippen molar-refractivity contribution in [2.75, 3.05) is 0 Å². The first-order valence-electron chi connectivity index (χ1n) is 8.20. The number of ether oxygens (including phenoxy) is 2. The van der Waals surface area contributed by atoms with Crippen molar-refractivity contribution < 1.29 is 19.1 Å². The van der Waals surface area contributed by atoms with Gasteiger partial charge in [0.1, 0.15) is 11.7 Å². The van der Waals surface area contributed by atoms with Crippen LogP contribution in [0.15, 0.2) is 24.8 Å². The number of allylic oxidation sites excluding steroid dienone is 1. The summed E-state index contributed by atoms with van der Waals surface area (Å²) in [4.78, 5) is 22.6. The molecule has 4 heteroatoms. The monoisotopic (exact) mass is 322 g/mol. The summed E-state index contributed by atoms with van der Waals surface area (Å²) in [6, 6.07) is 0. The van der Waals surface area contributed by atoms with Crippen LogP contribution in [0.25, 0.3) is 0 Å². The van der Waals surface area contributed by atoms with Crippen molar-refractivity contribution >= 4 is 11.9 Å². The Morgan fingerprint density at radius 3 is 2.43 bits per heavy atom. The molecule has 0 N–H and O–H groups in total. The smallest absolute Gasteiger partial charge is 0.303 e. The fourth-order valence-electron chi connectivity index (χ4n) is 3.55. The van der Waals surface area contributed by atoms with Crippen LogP contribution >= 0.6 is 0 Å². The molecule has 1 rings (SSSR count). The molecule has 1 unspecified atom stereocenters. The van der Waals surface area contributed by atoms with E-state index in [1.807, 2.05) is 6.92 Å². The molecular weight excluding hydrogens is 292 g/mol. The van der Waals surface area contributed by atoms with Gasteiger partial charge in [-0.3, -0.25) is 9.59 Å². The first kappa shape index (κ1) is 19.5. The zero-order chi connectivity index (χ0) is 17.8. The lowest BCUT2D eigenvalue weighted by atomic mass is 9.63. The van der Waals surface area contributed by atoms with E-state index in [1.165, 1.54) is 19.4 Å². The molecule has 0 aliphatic heterocycles. The van der Waals surface area contributed by atoms with Gasteiger partial charge in [-0.15, -0.1) is 0 Å². The van der Waals surface area contributed by atoms with E-state index >= 15 is 0 Å². The third-order valence-corrected chi connectivity index (χ3v) is 4.99. The van der Waals surface area contributed by atoms with Crippen LogP contribution in [0.5, 0.6) is 0 Å². The predicted octanol–water partition coefficient (Wildman–Crippen LogP) is 4.20. The second kappa shape index (κ2) is 7.33. The number of hydrogen-bond acceptors (Lipinski definition) is 4. The molecule has 3 atom stereocenters. The first-order valence-corrected chi connectivity index (χ1v) is 8.20. The summed E-state index contributed by atoms with van der Waals surface area (Å²) in [7, 11) is 0. The Morgan fingerprint density at radius 2 is 1.96 bits per heavy atom. The van der Waals surface area contributed by atoms with Crippen molar-refractivity contribution in [1.29, 1.82) is 0 Å². The Labute approximate surface area is 139 Å². The van der Waals surface area contributed by atoms with E-state index in [0.717, 1.165) is 19.3 Å². The Bertz CT molecular complexity index is 492. The molecule has 1 saturated carbocycles. The molecule has 0 heterocycles.